The van der Waals surface area contributed by atoms with Crippen molar-refractivity contribution in [2.75, 3.05) is 0 Å². The van der Waals surface area contributed by atoms with Gasteiger partial charge in [-0.05, 0) is 17.5 Å². The van der Waals surface area contributed by atoms with Gasteiger partial charge in [0.05, 0.1) is 6.04 Å². The standard InChI is InChI=1S/C10H9NOS.ClH/c11-8(6-12)10-5-7-3-1-2-4-9(7)13-10;/h1-6,8H,11H2;1H. The van der Waals surface area contributed by atoms with Crippen molar-refractivity contribution in [2.24, 2.45) is 5.73 Å². The van der Waals surface area contributed by atoms with Gasteiger partial charge in [0.2, 0.25) is 0 Å². The molecule has 1 aromatic carbocycles. The van der Waals surface area contributed by atoms with E-state index in [2.05, 4.69) is 0 Å². The molecule has 1 aromatic heterocycles. The summed E-state index contributed by atoms with van der Waals surface area (Å²) in [4.78, 5) is 11.4. The van der Waals surface area contributed by atoms with Crippen LogP contribution in [0.4, 0.5) is 0 Å². The Hall–Kier alpha value is -0.900. The first kappa shape index (κ1) is 11.2. The first-order chi connectivity index (χ1) is 6.31. The number of carbonyl (C=O) groups is 1. The van der Waals surface area contributed by atoms with Crippen LogP contribution in [0.2, 0.25) is 0 Å². The van der Waals surface area contributed by atoms with Crippen molar-refractivity contribution in [1.82, 2.24) is 0 Å². The van der Waals surface area contributed by atoms with E-state index in [1.54, 1.807) is 11.3 Å². The van der Waals surface area contributed by atoms with E-state index in [4.69, 9.17) is 5.73 Å². The molecular formula is C10H10ClNOS. The zero-order valence-corrected chi connectivity index (χ0v) is 8.98. The second kappa shape index (κ2) is 4.55. The molecule has 0 radical (unpaired) electrons. The Morgan fingerprint density at radius 2 is 2.07 bits per heavy atom. The highest BCUT2D eigenvalue weighted by atomic mass is 35.5. The molecule has 4 heteroatoms. The number of rotatable bonds is 2. The summed E-state index contributed by atoms with van der Waals surface area (Å²) < 4.78 is 1.18. The van der Waals surface area contributed by atoms with E-state index in [0.29, 0.717) is 0 Å². The summed E-state index contributed by atoms with van der Waals surface area (Å²) in [6.07, 6.45) is 0.769. The van der Waals surface area contributed by atoms with Crippen LogP contribution < -0.4 is 5.73 Å². The number of aldehydes is 1. The normalized spacial score (nSPS) is 12.1. The molecule has 0 bridgehead atoms. The Morgan fingerprint density at radius 3 is 2.71 bits per heavy atom. The lowest BCUT2D eigenvalue weighted by Crippen LogP contribution is -2.08. The fourth-order valence-corrected chi connectivity index (χ4v) is 2.26. The number of hydrogen-bond acceptors (Lipinski definition) is 3. The van der Waals surface area contributed by atoms with Crippen molar-refractivity contribution < 1.29 is 4.79 Å². The number of benzene rings is 1. The number of hydrogen-bond donors (Lipinski definition) is 1. The maximum Gasteiger partial charge on any atom is 0.142 e. The molecule has 0 saturated heterocycles. The van der Waals surface area contributed by atoms with Crippen LogP contribution in [0.1, 0.15) is 10.9 Å². The molecule has 0 aliphatic carbocycles. The topological polar surface area (TPSA) is 43.1 Å². The molecule has 2 nitrogen and oxygen atoms in total. The molecule has 2 aromatic rings. The molecule has 0 aliphatic rings. The third-order valence-corrected chi connectivity index (χ3v) is 3.14. The second-order valence-corrected chi connectivity index (χ2v) is 3.96. The van der Waals surface area contributed by atoms with Crippen LogP contribution in [0.3, 0.4) is 0 Å². The van der Waals surface area contributed by atoms with Crippen molar-refractivity contribution in [3.05, 3.63) is 35.2 Å². The number of thiophene rings is 1. The number of halogens is 1. The average Bonchev–Trinajstić information content (AvgIpc) is 2.59. The lowest BCUT2D eigenvalue weighted by Gasteiger charge is -1.95. The lowest BCUT2D eigenvalue weighted by molar-refractivity contribution is -0.108. The molecule has 74 valence electrons. The highest BCUT2D eigenvalue weighted by Gasteiger charge is 2.07. The third-order valence-electron chi connectivity index (χ3n) is 1.92. The quantitative estimate of drug-likeness (QED) is 0.802. The summed E-state index contributed by atoms with van der Waals surface area (Å²) in [5, 5.41) is 1.15. The van der Waals surface area contributed by atoms with Crippen LogP contribution in [-0.2, 0) is 4.79 Å². The van der Waals surface area contributed by atoms with Gasteiger partial charge in [0.25, 0.3) is 0 Å². The first-order valence-electron chi connectivity index (χ1n) is 4.00. The average molecular weight is 228 g/mol. The van der Waals surface area contributed by atoms with Gasteiger partial charge in [-0.3, -0.25) is 0 Å². The summed E-state index contributed by atoms with van der Waals surface area (Å²) >= 11 is 1.57. The number of carbonyl (C=O) groups excluding carboxylic acids is 1. The molecule has 2 N–H and O–H groups in total. The molecule has 2 rings (SSSR count). The van der Waals surface area contributed by atoms with Crippen molar-refractivity contribution in [1.29, 1.82) is 0 Å². The van der Waals surface area contributed by atoms with E-state index < -0.39 is 6.04 Å². The molecule has 0 fully saturated rings. The summed E-state index contributed by atoms with van der Waals surface area (Å²) in [5.41, 5.74) is 5.60. The molecule has 1 atom stereocenters. The van der Waals surface area contributed by atoms with E-state index in [9.17, 15) is 4.79 Å². The maximum atomic E-state index is 10.5. The largest absolute Gasteiger partial charge is 0.317 e. The molecule has 0 spiro atoms. The zero-order valence-electron chi connectivity index (χ0n) is 7.34. The zero-order chi connectivity index (χ0) is 9.26. The van der Waals surface area contributed by atoms with Crippen LogP contribution in [-0.4, -0.2) is 6.29 Å². The maximum absolute atomic E-state index is 10.5. The second-order valence-electron chi connectivity index (χ2n) is 2.85. The summed E-state index contributed by atoms with van der Waals surface area (Å²) in [6, 6.07) is 9.50. The van der Waals surface area contributed by atoms with Crippen molar-refractivity contribution in [3.63, 3.8) is 0 Å². The van der Waals surface area contributed by atoms with Crippen molar-refractivity contribution in [2.45, 2.75) is 6.04 Å². The van der Waals surface area contributed by atoms with Crippen LogP contribution in [0.5, 0.6) is 0 Å². The Kier molecular flexibility index (Phi) is 3.63. The molecule has 14 heavy (non-hydrogen) atoms. The van der Waals surface area contributed by atoms with Gasteiger partial charge in [-0.15, -0.1) is 23.7 Å². The Morgan fingerprint density at radius 1 is 1.36 bits per heavy atom. The molecule has 1 unspecified atom stereocenters. The third kappa shape index (κ3) is 1.95. The number of fused-ring (bicyclic) bond motifs is 1. The monoisotopic (exact) mass is 227 g/mol. The van der Waals surface area contributed by atoms with Crippen LogP contribution in [0, 0.1) is 0 Å². The smallest absolute Gasteiger partial charge is 0.142 e. The van der Waals surface area contributed by atoms with E-state index in [0.717, 1.165) is 16.5 Å². The highest BCUT2D eigenvalue weighted by molar-refractivity contribution is 7.19. The summed E-state index contributed by atoms with van der Waals surface area (Å²) in [7, 11) is 0. The molecule has 1 heterocycles. The molecule has 0 saturated carbocycles. The van der Waals surface area contributed by atoms with Gasteiger partial charge >= 0.3 is 0 Å². The van der Waals surface area contributed by atoms with E-state index in [1.165, 1.54) is 4.70 Å². The van der Waals surface area contributed by atoms with Gasteiger partial charge in [0.1, 0.15) is 6.29 Å². The lowest BCUT2D eigenvalue weighted by atomic mass is 10.2. The van der Waals surface area contributed by atoms with Gasteiger partial charge in [-0.25, -0.2) is 0 Å². The van der Waals surface area contributed by atoms with Crippen LogP contribution in [0.25, 0.3) is 10.1 Å². The fourth-order valence-electron chi connectivity index (χ4n) is 1.23. The Labute approximate surface area is 92.1 Å². The molecule has 0 aliphatic heterocycles. The van der Waals surface area contributed by atoms with Gasteiger partial charge < -0.3 is 10.5 Å². The molecular weight excluding hydrogens is 218 g/mol. The molecule has 0 amide bonds. The van der Waals surface area contributed by atoms with E-state index >= 15 is 0 Å². The van der Waals surface area contributed by atoms with Crippen LogP contribution >= 0.6 is 23.7 Å². The van der Waals surface area contributed by atoms with Gasteiger partial charge in [-0.1, -0.05) is 18.2 Å². The van der Waals surface area contributed by atoms with Crippen molar-refractivity contribution in [3.8, 4) is 0 Å². The Bertz CT molecular complexity index is 407. The minimum absolute atomic E-state index is 0. The van der Waals surface area contributed by atoms with E-state index in [1.807, 2.05) is 30.3 Å². The SMILES string of the molecule is Cl.NC(C=O)c1cc2ccccc2s1. The summed E-state index contributed by atoms with van der Waals surface area (Å²) in [5.74, 6) is 0. The first-order valence-corrected chi connectivity index (χ1v) is 4.82. The summed E-state index contributed by atoms with van der Waals surface area (Å²) in [6.45, 7) is 0. The minimum atomic E-state index is -0.475. The van der Waals surface area contributed by atoms with E-state index in [-0.39, 0.29) is 12.4 Å². The van der Waals surface area contributed by atoms with Crippen LogP contribution in [0.15, 0.2) is 30.3 Å². The van der Waals surface area contributed by atoms with Gasteiger partial charge in [-0.2, -0.15) is 0 Å². The van der Waals surface area contributed by atoms with Gasteiger partial charge in [0.15, 0.2) is 0 Å². The predicted octanol–water partition coefficient (Wildman–Crippen LogP) is 2.52. The van der Waals surface area contributed by atoms with Crippen molar-refractivity contribution >= 4 is 40.1 Å². The number of nitrogens with two attached hydrogens (primary N) is 1. The minimum Gasteiger partial charge on any atom is -0.317 e. The highest BCUT2D eigenvalue weighted by Crippen LogP contribution is 2.27. The Balaban J connectivity index is 0.000000980. The fraction of sp³-hybridized carbons (Fsp3) is 0.100. The predicted molar refractivity (Wildman–Crippen MR) is 62.1 cm³/mol. The van der Waals surface area contributed by atoms with Gasteiger partial charge in [0, 0.05) is 9.58 Å².